The molecule has 0 spiro atoms. The van der Waals surface area contributed by atoms with Crippen molar-refractivity contribution in [2.75, 3.05) is 5.32 Å². The monoisotopic (exact) mass is 269 g/mol. The fraction of sp³-hybridized carbons (Fsp3) is 0.133. The Bertz CT molecular complexity index is 731. The molecule has 1 unspecified atom stereocenters. The molecule has 2 aromatic carbocycles. The van der Waals surface area contributed by atoms with E-state index in [1.807, 2.05) is 25.1 Å². The molecule has 0 aliphatic heterocycles. The third kappa shape index (κ3) is 2.25. The molecule has 0 amide bonds. The van der Waals surface area contributed by atoms with Gasteiger partial charge in [-0.2, -0.15) is 5.10 Å². The highest BCUT2D eigenvalue weighted by atomic mass is 16.3. The predicted molar refractivity (Wildman–Crippen MR) is 77.9 cm³/mol. The second kappa shape index (κ2) is 4.77. The number of fused-ring (bicyclic) bond motifs is 1. The van der Waals surface area contributed by atoms with Crippen LogP contribution in [0.25, 0.3) is 10.9 Å². The first-order chi connectivity index (χ1) is 9.63. The van der Waals surface area contributed by atoms with Crippen molar-refractivity contribution in [3.8, 4) is 11.5 Å². The van der Waals surface area contributed by atoms with Crippen LogP contribution in [0.1, 0.15) is 18.5 Å². The first-order valence-electron chi connectivity index (χ1n) is 6.35. The molecule has 1 atom stereocenters. The van der Waals surface area contributed by atoms with Gasteiger partial charge in [-0.3, -0.25) is 5.10 Å². The van der Waals surface area contributed by atoms with Gasteiger partial charge in [-0.1, -0.05) is 12.1 Å². The molecule has 3 aromatic rings. The summed E-state index contributed by atoms with van der Waals surface area (Å²) in [7, 11) is 0. The summed E-state index contributed by atoms with van der Waals surface area (Å²) in [5, 5.41) is 30.4. The summed E-state index contributed by atoms with van der Waals surface area (Å²) in [4.78, 5) is 0. The SMILES string of the molecule is CC(Nc1cccc2cn[nH]c12)c1cc(O)cc(O)c1. The second-order valence-corrected chi connectivity index (χ2v) is 4.79. The molecular weight excluding hydrogens is 254 g/mol. The number of aromatic nitrogens is 2. The smallest absolute Gasteiger partial charge is 0.119 e. The van der Waals surface area contributed by atoms with Crippen molar-refractivity contribution in [1.82, 2.24) is 10.2 Å². The number of H-pyrrole nitrogens is 1. The maximum Gasteiger partial charge on any atom is 0.119 e. The number of para-hydroxylation sites is 1. The lowest BCUT2D eigenvalue weighted by Crippen LogP contribution is -2.06. The van der Waals surface area contributed by atoms with Crippen LogP contribution in [0.4, 0.5) is 5.69 Å². The normalized spacial score (nSPS) is 12.4. The van der Waals surface area contributed by atoms with Crippen LogP contribution in [0.5, 0.6) is 11.5 Å². The van der Waals surface area contributed by atoms with Crippen molar-refractivity contribution in [2.45, 2.75) is 13.0 Å². The topological polar surface area (TPSA) is 81.2 Å². The zero-order chi connectivity index (χ0) is 14.1. The second-order valence-electron chi connectivity index (χ2n) is 4.79. The van der Waals surface area contributed by atoms with Crippen molar-refractivity contribution >= 4 is 16.6 Å². The molecule has 4 N–H and O–H groups in total. The summed E-state index contributed by atoms with van der Waals surface area (Å²) in [6, 6.07) is 10.4. The van der Waals surface area contributed by atoms with Gasteiger partial charge in [0.25, 0.3) is 0 Å². The average molecular weight is 269 g/mol. The van der Waals surface area contributed by atoms with Crippen molar-refractivity contribution in [3.05, 3.63) is 48.2 Å². The van der Waals surface area contributed by atoms with E-state index >= 15 is 0 Å². The fourth-order valence-electron chi connectivity index (χ4n) is 2.27. The van der Waals surface area contributed by atoms with E-state index in [1.54, 1.807) is 18.3 Å². The van der Waals surface area contributed by atoms with Crippen LogP contribution >= 0.6 is 0 Å². The quantitative estimate of drug-likeness (QED) is 0.589. The van der Waals surface area contributed by atoms with E-state index in [4.69, 9.17) is 0 Å². The number of anilines is 1. The molecule has 102 valence electrons. The molecule has 20 heavy (non-hydrogen) atoms. The van der Waals surface area contributed by atoms with Gasteiger partial charge in [0.05, 0.1) is 17.4 Å². The Hall–Kier alpha value is -2.69. The third-order valence-corrected chi connectivity index (χ3v) is 3.27. The molecule has 0 aliphatic carbocycles. The average Bonchev–Trinajstić information content (AvgIpc) is 2.87. The van der Waals surface area contributed by atoms with Crippen LogP contribution in [0.3, 0.4) is 0 Å². The van der Waals surface area contributed by atoms with Crippen molar-refractivity contribution in [1.29, 1.82) is 0 Å². The maximum absolute atomic E-state index is 9.54. The van der Waals surface area contributed by atoms with Gasteiger partial charge in [-0.25, -0.2) is 0 Å². The largest absolute Gasteiger partial charge is 0.508 e. The Morgan fingerprint density at radius 3 is 2.65 bits per heavy atom. The zero-order valence-corrected chi connectivity index (χ0v) is 11.0. The van der Waals surface area contributed by atoms with Crippen molar-refractivity contribution < 1.29 is 10.2 Å². The van der Waals surface area contributed by atoms with Crippen LogP contribution in [0, 0.1) is 0 Å². The molecule has 1 aromatic heterocycles. The van der Waals surface area contributed by atoms with Gasteiger partial charge in [0.1, 0.15) is 11.5 Å². The maximum atomic E-state index is 9.54. The van der Waals surface area contributed by atoms with E-state index in [1.165, 1.54) is 6.07 Å². The van der Waals surface area contributed by atoms with Gasteiger partial charge in [-0.15, -0.1) is 0 Å². The highest BCUT2D eigenvalue weighted by Gasteiger charge is 2.10. The Kier molecular flexibility index (Phi) is 2.95. The Morgan fingerprint density at radius 2 is 1.90 bits per heavy atom. The Labute approximate surface area is 115 Å². The zero-order valence-electron chi connectivity index (χ0n) is 11.0. The molecule has 5 heteroatoms. The van der Waals surface area contributed by atoms with Crippen molar-refractivity contribution in [3.63, 3.8) is 0 Å². The van der Waals surface area contributed by atoms with Crippen LogP contribution in [0.15, 0.2) is 42.6 Å². The number of aromatic hydroxyl groups is 2. The van der Waals surface area contributed by atoms with Crippen molar-refractivity contribution in [2.24, 2.45) is 0 Å². The van der Waals surface area contributed by atoms with Gasteiger partial charge in [0.2, 0.25) is 0 Å². The standard InChI is InChI=1S/C15H15N3O2/c1-9(11-5-12(19)7-13(20)6-11)17-14-4-2-3-10-8-16-18-15(10)14/h2-9,17,19-20H,1H3,(H,16,18). The molecule has 3 rings (SSSR count). The Morgan fingerprint density at radius 1 is 1.15 bits per heavy atom. The van der Waals surface area contributed by atoms with Crippen LogP contribution < -0.4 is 5.32 Å². The first kappa shape index (κ1) is 12.3. The van der Waals surface area contributed by atoms with E-state index in [2.05, 4.69) is 15.5 Å². The molecule has 5 nitrogen and oxygen atoms in total. The molecule has 0 fully saturated rings. The lowest BCUT2D eigenvalue weighted by Gasteiger charge is -2.16. The molecule has 0 aliphatic rings. The van der Waals surface area contributed by atoms with Gasteiger partial charge >= 0.3 is 0 Å². The van der Waals surface area contributed by atoms with Gasteiger partial charge < -0.3 is 15.5 Å². The highest BCUT2D eigenvalue weighted by Crippen LogP contribution is 2.29. The van der Waals surface area contributed by atoms with Crippen LogP contribution in [0.2, 0.25) is 0 Å². The number of hydrogen-bond acceptors (Lipinski definition) is 4. The summed E-state index contributed by atoms with van der Waals surface area (Å²) in [5.74, 6) is 0.0989. The minimum atomic E-state index is -0.0677. The minimum Gasteiger partial charge on any atom is -0.508 e. The predicted octanol–water partition coefficient (Wildman–Crippen LogP) is 3.15. The number of phenols is 2. The Balaban J connectivity index is 1.92. The number of aromatic amines is 1. The van der Waals surface area contributed by atoms with E-state index in [0.29, 0.717) is 0 Å². The van der Waals surface area contributed by atoms with Crippen LogP contribution in [-0.4, -0.2) is 20.4 Å². The lowest BCUT2D eigenvalue weighted by atomic mass is 10.1. The summed E-state index contributed by atoms with van der Waals surface area (Å²) in [5.41, 5.74) is 2.66. The highest BCUT2D eigenvalue weighted by molar-refractivity contribution is 5.90. The van der Waals surface area contributed by atoms with Crippen LogP contribution in [-0.2, 0) is 0 Å². The summed E-state index contributed by atoms with van der Waals surface area (Å²) >= 11 is 0. The number of benzene rings is 2. The minimum absolute atomic E-state index is 0.0494. The molecule has 0 radical (unpaired) electrons. The molecular formula is C15H15N3O2. The number of phenolic OH excluding ortho intramolecular Hbond substituents is 2. The third-order valence-electron chi connectivity index (χ3n) is 3.27. The summed E-state index contributed by atoms with van der Waals surface area (Å²) in [6.45, 7) is 1.96. The summed E-state index contributed by atoms with van der Waals surface area (Å²) in [6.07, 6.45) is 1.77. The first-order valence-corrected chi connectivity index (χ1v) is 6.35. The fourth-order valence-corrected chi connectivity index (χ4v) is 2.27. The molecule has 0 saturated heterocycles. The van der Waals surface area contributed by atoms with E-state index < -0.39 is 0 Å². The molecule has 0 saturated carbocycles. The lowest BCUT2D eigenvalue weighted by molar-refractivity contribution is 0.448. The van der Waals surface area contributed by atoms with E-state index in [0.717, 1.165) is 22.2 Å². The molecule has 0 bridgehead atoms. The van der Waals surface area contributed by atoms with Gasteiger partial charge in [0, 0.05) is 17.5 Å². The number of nitrogens with one attached hydrogen (secondary N) is 2. The summed E-state index contributed by atoms with van der Waals surface area (Å²) < 4.78 is 0. The number of hydrogen-bond donors (Lipinski definition) is 4. The number of rotatable bonds is 3. The number of nitrogens with zero attached hydrogens (tertiary/aromatic N) is 1. The van der Waals surface area contributed by atoms with Gasteiger partial charge in [0.15, 0.2) is 0 Å². The van der Waals surface area contributed by atoms with E-state index in [9.17, 15) is 10.2 Å². The van der Waals surface area contributed by atoms with E-state index in [-0.39, 0.29) is 17.5 Å². The molecule has 1 heterocycles. The van der Waals surface area contributed by atoms with Gasteiger partial charge in [-0.05, 0) is 30.7 Å².